The first-order valence-electron chi connectivity index (χ1n) is 6.89. The number of halogens is 1. The predicted molar refractivity (Wildman–Crippen MR) is 88.2 cm³/mol. The highest BCUT2D eigenvalue weighted by Gasteiger charge is 2.16. The topological polar surface area (TPSA) is 29.9 Å². The Kier molecular flexibility index (Phi) is 4.66. The van der Waals surface area contributed by atoms with E-state index in [9.17, 15) is 0 Å². The maximum atomic E-state index is 4.66. The van der Waals surface area contributed by atoms with E-state index in [2.05, 4.69) is 70.7 Å². The van der Waals surface area contributed by atoms with Crippen LogP contribution in [0.15, 0.2) is 16.7 Å². The van der Waals surface area contributed by atoms with Crippen molar-refractivity contribution in [1.29, 1.82) is 0 Å². The van der Waals surface area contributed by atoms with E-state index in [1.807, 2.05) is 7.05 Å². The van der Waals surface area contributed by atoms with E-state index in [0.717, 1.165) is 29.1 Å². The first-order valence-corrected chi connectivity index (χ1v) is 7.69. The van der Waals surface area contributed by atoms with Gasteiger partial charge in [-0.1, -0.05) is 6.07 Å². The van der Waals surface area contributed by atoms with Crippen LogP contribution in [0, 0.1) is 20.8 Å². The van der Waals surface area contributed by atoms with Gasteiger partial charge in [-0.15, -0.1) is 0 Å². The largest absolute Gasteiger partial charge is 0.330 e. The number of aryl methyl sites for hydroxylation is 3. The fourth-order valence-corrected chi connectivity index (χ4v) is 3.16. The van der Waals surface area contributed by atoms with E-state index in [0.29, 0.717) is 0 Å². The predicted octanol–water partition coefficient (Wildman–Crippen LogP) is 3.54. The van der Waals surface area contributed by atoms with Crippen molar-refractivity contribution in [2.24, 2.45) is 7.05 Å². The summed E-state index contributed by atoms with van der Waals surface area (Å²) in [6.07, 6.45) is 0.926. The lowest BCUT2D eigenvalue weighted by Crippen LogP contribution is -2.13. The van der Waals surface area contributed by atoms with Crippen molar-refractivity contribution in [3.63, 3.8) is 0 Å². The molecule has 0 aliphatic carbocycles. The second kappa shape index (κ2) is 6.10. The molecular weight excluding hydrogens is 314 g/mol. The molecule has 108 valence electrons. The van der Waals surface area contributed by atoms with Crippen molar-refractivity contribution in [2.45, 2.75) is 27.2 Å². The van der Waals surface area contributed by atoms with Gasteiger partial charge in [0.1, 0.15) is 10.4 Å². The molecule has 4 heteroatoms. The summed E-state index contributed by atoms with van der Waals surface area (Å²) in [6, 6.07) is 4.51. The fourth-order valence-electron chi connectivity index (χ4n) is 2.48. The molecule has 2 rings (SSSR count). The summed E-state index contributed by atoms with van der Waals surface area (Å²) >= 11 is 3.62. The van der Waals surface area contributed by atoms with E-state index in [-0.39, 0.29) is 0 Å². The van der Waals surface area contributed by atoms with Crippen LogP contribution in [0.5, 0.6) is 0 Å². The zero-order valence-electron chi connectivity index (χ0n) is 12.8. The van der Waals surface area contributed by atoms with Crippen LogP contribution in [-0.4, -0.2) is 23.1 Å². The van der Waals surface area contributed by atoms with Crippen molar-refractivity contribution >= 4 is 15.9 Å². The quantitative estimate of drug-likeness (QED) is 0.926. The third-order valence-electron chi connectivity index (χ3n) is 3.84. The summed E-state index contributed by atoms with van der Waals surface area (Å²) in [6.45, 7) is 7.41. The average molecular weight is 336 g/mol. The molecule has 2 aromatic rings. The Morgan fingerprint density at radius 3 is 2.45 bits per heavy atom. The maximum absolute atomic E-state index is 4.66. The van der Waals surface area contributed by atoms with Crippen LogP contribution < -0.4 is 5.32 Å². The number of imidazole rings is 1. The minimum atomic E-state index is 0.926. The van der Waals surface area contributed by atoms with Crippen LogP contribution in [-0.2, 0) is 13.5 Å². The highest BCUT2D eigenvalue weighted by molar-refractivity contribution is 9.10. The Hall–Kier alpha value is -1.13. The SMILES string of the molecule is CNCCc1nc(Br)c(-c2cc(C)c(C)cc2C)n1C. The molecule has 1 heterocycles. The molecule has 0 amide bonds. The van der Waals surface area contributed by atoms with Gasteiger partial charge >= 0.3 is 0 Å². The number of nitrogens with zero attached hydrogens (tertiary/aromatic N) is 2. The molecule has 20 heavy (non-hydrogen) atoms. The lowest BCUT2D eigenvalue weighted by Gasteiger charge is -2.12. The molecule has 1 aromatic heterocycles. The van der Waals surface area contributed by atoms with Gasteiger partial charge in [-0.05, 0) is 66.5 Å². The lowest BCUT2D eigenvalue weighted by atomic mass is 9.99. The molecule has 1 aromatic carbocycles. The molecule has 0 aliphatic rings. The van der Waals surface area contributed by atoms with Crippen LogP contribution in [0.25, 0.3) is 11.3 Å². The molecule has 0 atom stereocenters. The Morgan fingerprint density at radius 1 is 1.15 bits per heavy atom. The second-order valence-corrected chi connectivity index (χ2v) is 6.08. The molecule has 1 N–H and O–H groups in total. The number of benzene rings is 1. The lowest BCUT2D eigenvalue weighted by molar-refractivity contribution is 0.720. The van der Waals surface area contributed by atoms with Crippen molar-refractivity contribution in [3.05, 3.63) is 39.3 Å². The standard InChI is InChI=1S/C16H22BrN3/c1-10-8-12(3)13(9-11(10)2)15-16(17)19-14(20(15)5)6-7-18-4/h8-9,18H,6-7H2,1-5H3. The van der Waals surface area contributed by atoms with Crippen molar-refractivity contribution in [1.82, 2.24) is 14.9 Å². The Morgan fingerprint density at radius 2 is 1.80 bits per heavy atom. The summed E-state index contributed by atoms with van der Waals surface area (Å²) in [5.74, 6) is 1.10. The van der Waals surface area contributed by atoms with Gasteiger partial charge in [0.25, 0.3) is 0 Å². The van der Waals surface area contributed by atoms with Gasteiger partial charge in [-0.3, -0.25) is 0 Å². The average Bonchev–Trinajstić information content (AvgIpc) is 2.67. The van der Waals surface area contributed by atoms with E-state index in [1.54, 1.807) is 0 Å². The van der Waals surface area contributed by atoms with Gasteiger partial charge in [-0.2, -0.15) is 0 Å². The van der Waals surface area contributed by atoms with Crippen molar-refractivity contribution < 1.29 is 0 Å². The van der Waals surface area contributed by atoms with Crippen molar-refractivity contribution in [2.75, 3.05) is 13.6 Å². The van der Waals surface area contributed by atoms with Crippen LogP contribution in [0.2, 0.25) is 0 Å². The maximum Gasteiger partial charge on any atom is 0.132 e. The summed E-state index contributed by atoms with van der Waals surface area (Å²) < 4.78 is 3.12. The number of aromatic nitrogens is 2. The third-order valence-corrected chi connectivity index (χ3v) is 4.39. The zero-order chi connectivity index (χ0) is 14.9. The molecule has 0 saturated heterocycles. The summed E-state index contributed by atoms with van der Waals surface area (Å²) in [5, 5.41) is 3.17. The minimum Gasteiger partial charge on any atom is -0.330 e. The normalized spacial score (nSPS) is 11.1. The van der Waals surface area contributed by atoms with Gasteiger partial charge in [0.15, 0.2) is 0 Å². The first-order chi connectivity index (χ1) is 9.45. The van der Waals surface area contributed by atoms with Crippen LogP contribution in [0.1, 0.15) is 22.5 Å². The number of hydrogen-bond donors (Lipinski definition) is 1. The number of likely N-dealkylation sites (N-methyl/N-ethyl adjacent to an activating group) is 1. The van der Waals surface area contributed by atoms with Gasteiger partial charge < -0.3 is 9.88 Å². The molecule has 0 aliphatic heterocycles. The van der Waals surface area contributed by atoms with Crippen molar-refractivity contribution in [3.8, 4) is 11.3 Å². The molecule has 0 saturated carbocycles. The molecule has 0 spiro atoms. The van der Waals surface area contributed by atoms with Gasteiger partial charge in [-0.25, -0.2) is 4.98 Å². The second-order valence-electron chi connectivity index (χ2n) is 5.33. The molecule has 0 fully saturated rings. The molecule has 0 bridgehead atoms. The summed E-state index contributed by atoms with van der Waals surface area (Å²) in [5.41, 5.74) is 6.36. The van der Waals surface area contributed by atoms with Crippen LogP contribution in [0.3, 0.4) is 0 Å². The highest BCUT2D eigenvalue weighted by atomic mass is 79.9. The number of nitrogens with one attached hydrogen (secondary N) is 1. The van der Waals surface area contributed by atoms with E-state index >= 15 is 0 Å². The Bertz CT molecular complexity index is 629. The third kappa shape index (κ3) is 2.81. The molecular formula is C16H22BrN3. The summed E-state index contributed by atoms with van der Waals surface area (Å²) in [4.78, 5) is 4.66. The molecule has 0 unspecified atom stereocenters. The minimum absolute atomic E-state index is 0.926. The zero-order valence-corrected chi connectivity index (χ0v) is 14.4. The smallest absolute Gasteiger partial charge is 0.132 e. The first kappa shape index (κ1) is 15.3. The van der Waals surface area contributed by atoms with E-state index in [4.69, 9.17) is 0 Å². The fraction of sp³-hybridized carbons (Fsp3) is 0.438. The van der Waals surface area contributed by atoms with Gasteiger partial charge in [0, 0.05) is 25.6 Å². The molecule has 3 nitrogen and oxygen atoms in total. The highest BCUT2D eigenvalue weighted by Crippen LogP contribution is 2.32. The molecule has 0 radical (unpaired) electrons. The van der Waals surface area contributed by atoms with Crippen LogP contribution >= 0.6 is 15.9 Å². The monoisotopic (exact) mass is 335 g/mol. The Balaban J connectivity index is 2.53. The van der Waals surface area contributed by atoms with Gasteiger partial charge in [0.05, 0.1) is 5.69 Å². The summed E-state index contributed by atoms with van der Waals surface area (Å²) in [7, 11) is 4.05. The van der Waals surface area contributed by atoms with Gasteiger partial charge in [0.2, 0.25) is 0 Å². The van der Waals surface area contributed by atoms with E-state index < -0.39 is 0 Å². The van der Waals surface area contributed by atoms with Crippen LogP contribution in [0.4, 0.5) is 0 Å². The van der Waals surface area contributed by atoms with E-state index in [1.165, 1.54) is 22.3 Å². The number of hydrogen-bond acceptors (Lipinski definition) is 2. The number of rotatable bonds is 4. The Labute approximate surface area is 129 Å².